The van der Waals surface area contributed by atoms with Crippen LogP contribution >= 0.6 is 0 Å². The van der Waals surface area contributed by atoms with Crippen molar-refractivity contribution in [2.75, 3.05) is 5.32 Å². The molecule has 8 heteroatoms. The van der Waals surface area contributed by atoms with Crippen LogP contribution < -0.4 is 10.9 Å². The Morgan fingerprint density at radius 2 is 1.86 bits per heavy atom. The molecule has 28 heavy (non-hydrogen) atoms. The fourth-order valence-corrected chi connectivity index (χ4v) is 2.81. The molecule has 1 N–H and O–H groups in total. The van der Waals surface area contributed by atoms with Crippen LogP contribution in [0.1, 0.15) is 6.42 Å². The van der Waals surface area contributed by atoms with Gasteiger partial charge in [0.1, 0.15) is 23.2 Å². The van der Waals surface area contributed by atoms with E-state index in [0.717, 1.165) is 5.56 Å². The second kappa shape index (κ2) is 7.43. The largest absolute Gasteiger partial charge is 0.335 e. The van der Waals surface area contributed by atoms with Gasteiger partial charge in [-0.25, -0.2) is 9.37 Å². The highest BCUT2D eigenvalue weighted by Gasteiger charge is 2.17. The van der Waals surface area contributed by atoms with Crippen molar-refractivity contribution in [3.05, 3.63) is 77.1 Å². The lowest BCUT2D eigenvalue weighted by atomic mass is 10.1. The summed E-state index contributed by atoms with van der Waals surface area (Å²) in [6, 6.07) is 14.6. The first-order valence-corrected chi connectivity index (χ1v) is 8.57. The molecule has 0 unspecified atom stereocenters. The fraction of sp³-hybridized carbons (Fsp3) is 0.100. The maximum atomic E-state index is 12.9. The Morgan fingerprint density at radius 1 is 1.11 bits per heavy atom. The van der Waals surface area contributed by atoms with Gasteiger partial charge < -0.3 is 9.84 Å². The highest BCUT2D eigenvalue weighted by molar-refractivity contribution is 5.91. The van der Waals surface area contributed by atoms with E-state index in [1.165, 1.54) is 35.2 Å². The van der Waals surface area contributed by atoms with Gasteiger partial charge >= 0.3 is 0 Å². The number of amides is 1. The third kappa shape index (κ3) is 3.52. The topological polar surface area (TPSA) is 90.0 Å². The van der Waals surface area contributed by atoms with Crippen molar-refractivity contribution < 1.29 is 13.7 Å². The number of fused-ring (bicyclic) bond motifs is 1. The van der Waals surface area contributed by atoms with Crippen LogP contribution in [-0.2, 0) is 11.3 Å². The molecule has 0 aliphatic heterocycles. The number of nitrogens with zero attached hydrogens (tertiary/aromatic N) is 3. The summed E-state index contributed by atoms with van der Waals surface area (Å²) in [5, 5.41) is 6.89. The molecule has 0 atom stereocenters. The van der Waals surface area contributed by atoms with Gasteiger partial charge in [-0.1, -0.05) is 35.5 Å². The number of benzene rings is 2. The van der Waals surface area contributed by atoms with Gasteiger partial charge in [0.2, 0.25) is 5.91 Å². The van der Waals surface area contributed by atoms with Crippen molar-refractivity contribution in [2.24, 2.45) is 0 Å². The Kier molecular flexibility index (Phi) is 4.67. The number of anilines is 1. The van der Waals surface area contributed by atoms with Gasteiger partial charge in [-0.05, 0) is 24.3 Å². The quantitative estimate of drug-likeness (QED) is 0.576. The van der Waals surface area contributed by atoms with Crippen LogP contribution in [0.25, 0.3) is 22.4 Å². The Labute approximate surface area is 158 Å². The third-order valence-corrected chi connectivity index (χ3v) is 4.22. The van der Waals surface area contributed by atoms with E-state index < -0.39 is 0 Å². The van der Waals surface area contributed by atoms with Gasteiger partial charge in [0.15, 0.2) is 0 Å². The maximum absolute atomic E-state index is 12.9. The van der Waals surface area contributed by atoms with Crippen molar-refractivity contribution >= 4 is 22.7 Å². The molecule has 0 spiro atoms. The normalized spacial score (nSPS) is 10.9. The van der Waals surface area contributed by atoms with E-state index in [-0.39, 0.29) is 41.3 Å². The molecule has 0 aliphatic rings. The summed E-state index contributed by atoms with van der Waals surface area (Å²) in [6.45, 7) is 0.133. The lowest BCUT2D eigenvalue weighted by Gasteiger charge is -2.07. The summed E-state index contributed by atoms with van der Waals surface area (Å²) >= 11 is 0. The van der Waals surface area contributed by atoms with Gasteiger partial charge in [0, 0.05) is 24.2 Å². The van der Waals surface area contributed by atoms with E-state index in [4.69, 9.17) is 4.52 Å². The van der Waals surface area contributed by atoms with Gasteiger partial charge in [-0.3, -0.25) is 14.2 Å². The van der Waals surface area contributed by atoms with Gasteiger partial charge in [0.05, 0.1) is 0 Å². The minimum Gasteiger partial charge on any atom is -0.335 e. The van der Waals surface area contributed by atoms with Crippen molar-refractivity contribution in [3.8, 4) is 11.3 Å². The van der Waals surface area contributed by atoms with Crippen molar-refractivity contribution in [3.63, 3.8) is 0 Å². The second-order valence-corrected chi connectivity index (χ2v) is 6.13. The smallest absolute Gasteiger partial charge is 0.266 e. The minimum atomic E-state index is -0.383. The molecule has 0 saturated carbocycles. The molecule has 1 amide bonds. The highest BCUT2D eigenvalue weighted by atomic mass is 19.1. The molecule has 2 aromatic heterocycles. The Hall–Kier alpha value is -3.81. The van der Waals surface area contributed by atoms with Crippen LogP contribution in [-0.4, -0.2) is 20.6 Å². The first-order valence-electron chi connectivity index (χ1n) is 8.57. The van der Waals surface area contributed by atoms with E-state index in [2.05, 4.69) is 15.5 Å². The molecular weight excluding hydrogens is 363 g/mol. The van der Waals surface area contributed by atoms with Gasteiger partial charge in [0.25, 0.3) is 11.3 Å². The predicted molar refractivity (Wildman–Crippen MR) is 101 cm³/mol. The summed E-state index contributed by atoms with van der Waals surface area (Å²) in [7, 11) is 0. The van der Waals surface area contributed by atoms with E-state index >= 15 is 0 Å². The van der Waals surface area contributed by atoms with E-state index in [1.807, 2.05) is 30.3 Å². The zero-order chi connectivity index (χ0) is 19.5. The van der Waals surface area contributed by atoms with Crippen LogP contribution in [0.15, 0.2) is 70.2 Å². The first kappa shape index (κ1) is 17.6. The van der Waals surface area contributed by atoms with Crippen LogP contribution in [0.5, 0.6) is 0 Å². The van der Waals surface area contributed by atoms with Crippen LogP contribution in [0.4, 0.5) is 10.1 Å². The summed E-state index contributed by atoms with van der Waals surface area (Å²) in [6.07, 6.45) is 1.38. The Morgan fingerprint density at radius 3 is 2.61 bits per heavy atom. The summed E-state index contributed by atoms with van der Waals surface area (Å²) in [4.78, 5) is 29.1. The zero-order valence-corrected chi connectivity index (χ0v) is 14.6. The average molecular weight is 378 g/mol. The summed E-state index contributed by atoms with van der Waals surface area (Å²) in [5.74, 6) is -0.681. The molecule has 4 rings (SSSR count). The number of hydrogen-bond donors (Lipinski definition) is 1. The molecular formula is C20H15FN4O3. The van der Waals surface area contributed by atoms with Crippen molar-refractivity contribution in [1.29, 1.82) is 0 Å². The highest BCUT2D eigenvalue weighted by Crippen LogP contribution is 2.23. The molecule has 2 heterocycles. The van der Waals surface area contributed by atoms with Crippen LogP contribution in [0.2, 0.25) is 0 Å². The van der Waals surface area contributed by atoms with Gasteiger partial charge in [-0.15, -0.1) is 0 Å². The molecule has 140 valence electrons. The molecule has 0 saturated heterocycles. The standard InChI is InChI=1S/C20H15FN4O3/c21-14-6-8-15(9-7-14)23-16(26)10-11-25-12-22-19-17(20(25)27)18(24-28-19)13-4-2-1-3-5-13/h1-9,12H,10-11H2,(H,23,26). The number of halogens is 1. The number of aryl methyl sites for hydroxylation is 1. The number of carbonyl (C=O) groups excluding carboxylic acids is 1. The third-order valence-electron chi connectivity index (χ3n) is 4.22. The van der Waals surface area contributed by atoms with Crippen molar-refractivity contribution in [1.82, 2.24) is 14.7 Å². The zero-order valence-electron chi connectivity index (χ0n) is 14.6. The number of aromatic nitrogens is 3. The Balaban J connectivity index is 1.54. The molecule has 0 fully saturated rings. The average Bonchev–Trinajstić information content (AvgIpc) is 3.15. The lowest BCUT2D eigenvalue weighted by molar-refractivity contribution is -0.116. The first-order chi connectivity index (χ1) is 13.6. The molecule has 4 aromatic rings. The van der Waals surface area contributed by atoms with E-state index in [1.54, 1.807) is 0 Å². The number of rotatable bonds is 5. The Bertz CT molecular complexity index is 1180. The predicted octanol–water partition coefficient (Wildman–Crippen LogP) is 3.22. The van der Waals surface area contributed by atoms with Crippen molar-refractivity contribution in [2.45, 2.75) is 13.0 Å². The SMILES string of the molecule is O=C(CCn1cnc2onc(-c3ccccc3)c2c1=O)Nc1ccc(F)cc1. The lowest BCUT2D eigenvalue weighted by Crippen LogP contribution is -2.23. The second-order valence-electron chi connectivity index (χ2n) is 6.13. The molecule has 7 nitrogen and oxygen atoms in total. The molecule has 0 radical (unpaired) electrons. The summed E-state index contributed by atoms with van der Waals surface area (Å²) in [5.41, 5.74) is 1.46. The van der Waals surface area contributed by atoms with E-state index in [9.17, 15) is 14.0 Å². The van der Waals surface area contributed by atoms with E-state index in [0.29, 0.717) is 11.4 Å². The minimum absolute atomic E-state index is 0.0520. The molecule has 2 aromatic carbocycles. The molecule has 0 bridgehead atoms. The number of carbonyl (C=O) groups is 1. The number of nitrogens with one attached hydrogen (secondary N) is 1. The van der Waals surface area contributed by atoms with Crippen LogP contribution in [0.3, 0.4) is 0 Å². The van der Waals surface area contributed by atoms with Gasteiger partial charge in [-0.2, -0.15) is 0 Å². The maximum Gasteiger partial charge on any atom is 0.266 e. The fourth-order valence-electron chi connectivity index (χ4n) is 2.81. The number of hydrogen-bond acceptors (Lipinski definition) is 5. The summed E-state index contributed by atoms with van der Waals surface area (Å²) < 4.78 is 19.4. The monoisotopic (exact) mass is 378 g/mol. The van der Waals surface area contributed by atoms with Crippen LogP contribution in [0, 0.1) is 5.82 Å². The molecule has 0 aliphatic carbocycles.